The average molecular weight is 323 g/mol. The Labute approximate surface area is 132 Å². The van der Waals surface area contributed by atoms with Crippen LogP contribution in [0.4, 0.5) is 5.69 Å². The van der Waals surface area contributed by atoms with Crippen molar-refractivity contribution in [3.8, 4) is 0 Å². The van der Waals surface area contributed by atoms with Crippen molar-refractivity contribution in [3.05, 3.63) is 29.3 Å². The van der Waals surface area contributed by atoms with Crippen molar-refractivity contribution in [1.82, 2.24) is 0 Å². The van der Waals surface area contributed by atoms with E-state index in [2.05, 4.69) is 4.74 Å². The molecule has 1 amide bonds. The summed E-state index contributed by atoms with van der Waals surface area (Å²) < 4.78 is 4.58. The zero-order valence-electron chi connectivity index (χ0n) is 12.9. The standard InChI is InChI=1S/C15H17NO7/c1-8-5-4-6-10(14(20)21)13(8)16(9(2)15(22)23-3)11(17)7-12(18)19/h4-6,9H,7H2,1-3H3,(H,18,19)(H,20,21). The number of hydrogen-bond acceptors (Lipinski definition) is 5. The molecule has 8 heteroatoms. The Kier molecular flexibility index (Phi) is 5.83. The number of esters is 1. The van der Waals surface area contributed by atoms with Crippen LogP contribution in [0.5, 0.6) is 0 Å². The molecule has 0 bridgehead atoms. The number of amides is 1. The molecule has 124 valence electrons. The maximum absolute atomic E-state index is 12.3. The molecule has 1 aromatic carbocycles. The number of aliphatic carboxylic acids is 1. The number of hydrogen-bond donors (Lipinski definition) is 2. The minimum atomic E-state index is -1.39. The van der Waals surface area contributed by atoms with Crippen LogP contribution in [0, 0.1) is 6.92 Å². The highest BCUT2D eigenvalue weighted by Crippen LogP contribution is 2.28. The summed E-state index contributed by atoms with van der Waals surface area (Å²) in [6.07, 6.45) is -0.880. The van der Waals surface area contributed by atoms with Gasteiger partial charge in [-0.2, -0.15) is 0 Å². The van der Waals surface area contributed by atoms with Gasteiger partial charge in [0.05, 0.1) is 18.4 Å². The lowest BCUT2D eigenvalue weighted by Crippen LogP contribution is -2.45. The zero-order valence-corrected chi connectivity index (χ0v) is 12.9. The van der Waals surface area contributed by atoms with E-state index in [1.165, 1.54) is 19.1 Å². The van der Waals surface area contributed by atoms with Crippen molar-refractivity contribution in [2.45, 2.75) is 26.3 Å². The van der Waals surface area contributed by atoms with E-state index in [1.54, 1.807) is 13.0 Å². The third-order valence-electron chi connectivity index (χ3n) is 3.21. The van der Waals surface area contributed by atoms with Gasteiger partial charge in [0.1, 0.15) is 12.5 Å². The fourth-order valence-electron chi connectivity index (χ4n) is 2.18. The molecule has 0 aliphatic rings. The Morgan fingerprint density at radius 3 is 2.30 bits per heavy atom. The van der Waals surface area contributed by atoms with Gasteiger partial charge in [-0.05, 0) is 25.5 Å². The van der Waals surface area contributed by atoms with Gasteiger partial charge < -0.3 is 14.9 Å². The fourth-order valence-corrected chi connectivity index (χ4v) is 2.18. The van der Waals surface area contributed by atoms with E-state index >= 15 is 0 Å². The van der Waals surface area contributed by atoms with Crippen molar-refractivity contribution in [2.24, 2.45) is 0 Å². The summed E-state index contributed by atoms with van der Waals surface area (Å²) in [4.78, 5) is 47.2. The van der Waals surface area contributed by atoms with Gasteiger partial charge in [-0.15, -0.1) is 0 Å². The number of rotatable bonds is 6. The summed E-state index contributed by atoms with van der Waals surface area (Å²) in [7, 11) is 1.12. The van der Waals surface area contributed by atoms with E-state index < -0.39 is 36.3 Å². The van der Waals surface area contributed by atoms with Gasteiger partial charge in [0, 0.05) is 0 Å². The highest BCUT2D eigenvalue weighted by atomic mass is 16.5. The second-order valence-corrected chi connectivity index (χ2v) is 4.81. The lowest BCUT2D eigenvalue weighted by molar-refractivity contribution is -0.145. The average Bonchev–Trinajstić information content (AvgIpc) is 2.47. The second-order valence-electron chi connectivity index (χ2n) is 4.81. The number of carbonyl (C=O) groups excluding carboxylic acids is 2. The van der Waals surface area contributed by atoms with Crippen LogP contribution in [-0.2, 0) is 19.1 Å². The van der Waals surface area contributed by atoms with Crippen LogP contribution in [0.2, 0.25) is 0 Å². The van der Waals surface area contributed by atoms with Crippen LogP contribution in [0.1, 0.15) is 29.3 Å². The summed E-state index contributed by atoms with van der Waals surface area (Å²) >= 11 is 0. The smallest absolute Gasteiger partial charge is 0.337 e. The molecular formula is C15H17NO7. The fraction of sp³-hybridized carbons (Fsp3) is 0.333. The molecule has 0 saturated carbocycles. The molecule has 0 aromatic heterocycles. The maximum Gasteiger partial charge on any atom is 0.337 e. The minimum Gasteiger partial charge on any atom is -0.481 e. The number of benzene rings is 1. The van der Waals surface area contributed by atoms with Gasteiger partial charge in [0.25, 0.3) is 0 Å². The summed E-state index contributed by atoms with van der Waals surface area (Å²) in [6.45, 7) is 2.90. The monoisotopic (exact) mass is 323 g/mol. The van der Waals surface area contributed by atoms with Crippen LogP contribution < -0.4 is 4.90 Å². The van der Waals surface area contributed by atoms with Crippen LogP contribution >= 0.6 is 0 Å². The molecule has 1 atom stereocenters. The first-order chi connectivity index (χ1) is 10.7. The van der Waals surface area contributed by atoms with E-state index in [1.807, 2.05) is 0 Å². The highest BCUT2D eigenvalue weighted by Gasteiger charge is 2.32. The normalized spacial score (nSPS) is 11.4. The lowest BCUT2D eigenvalue weighted by atomic mass is 10.0. The van der Waals surface area contributed by atoms with Crippen LogP contribution in [0.25, 0.3) is 0 Å². The van der Waals surface area contributed by atoms with Crippen LogP contribution in [-0.4, -0.2) is 47.2 Å². The van der Waals surface area contributed by atoms with Gasteiger partial charge in [0.2, 0.25) is 5.91 Å². The van der Waals surface area contributed by atoms with Crippen molar-refractivity contribution >= 4 is 29.5 Å². The third-order valence-corrected chi connectivity index (χ3v) is 3.21. The summed E-state index contributed by atoms with van der Waals surface area (Å²) in [5.74, 6) is -4.38. The second kappa shape index (κ2) is 7.39. The molecule has 1 rings (SSSR count). The number of carbonyl (C=O) groups is 4. The SMILES string of the molecule is COC(=O)C(C)N(C(=O)CC(=O)O)c1c(C)cccc1C(=O)O. The molecular weight excluding hydrogens is 306 g/mol. The molecule has 0 fully saturated rings. The predicted octanol–water partition coefficient (Wildman–Crippen LogP) is 1.06. The number of anilines is 1. The predicted molar refractivity (Wildman–Crippen MR) is 79.4 cm³/mol. The molecule has 0 saturated heterocycles. The first-order valence-electron chi connectivity index (χ1n) is 6.65. The number of methoxy groups -OCH3 is 1. The van der Waals surface area contributed by atoms with Gasteiger partial charge >= 0.3 is 17.9 Å². The Hall–Kier alpha value is -2.90. The van der Waals surface area contributed by atoms with Crippen molar-refractivity contribution in [2.75, 3.05) is 12.0 Å². The number of para-hydroxylation sites is 1. The van der Waals surface area contributed by atoms with E-state index in [-0.39, 0.29) is 11.3 Å². The molecule has 1 unspecified atom stereocenters. The van der Waals surface area contributed by atoms with E-state index in [4.69, 9.17) is 5.11 Å². The number of carboxylic acids is 2. The van der Waals surface area contributed by atoms with Gasteiger partial charge in [-0.3, -0.25) is 14.5 Å². The van der Waals surface area contributed by atoms with Gasteiger partial charge in [-0.1, -0.05) is 12.1 Å². The minimum absolute atomic E-state index is 0.0239. The van der Waals surface area contributed by atoms with Crippen molar-refractivity contribution in [3.63, 3.8) is 0 Å². The Morgan fingerprint density at radius 1 is 1.22 bits per heavy atom. The van der Waals surface area contributed by atoms with Gasteiger partial charge in [-0.25, -0.2) is 9.59 Å². The summed E-state index contributed by atoms with van der Waals surface area (Å²) in [5.41, 5.74) is 0.183. The molecule has 0 spiro atoms. The van der Waals surface area contributed by atoms with Crippen molar-refractivity contribution in [1.29, 1.82) is 0 Å². The number of aryl methyl sites for hydroxylation is 1. The zero-order chi connectivity index (χ0) is 17.7. The first kappa shape index (κ1) is 18.1. The molecule has 23 heavy (non-hydrogen) atoms. The Morgan fingerprint density at radius 2 is 1.83 bits per heavy atom. The first-order valence-corrected chi connectivity index (χ1v) is 6.65. The quantitative estimate of drug-likeness (QED) is 0.593. The summed E-state index contributed by atoms with van der Waals surface area (Å²) in [5, 5.41) is 18.1. The molecule has 2 N–H and O–H groups in total. The topological polar surface area (TPSA) is 121 Å². The van der Waals surface area contributed by atoms with E-state index in [0.717, 1.165) is 12.0 Å². The van der Waals surface area contributed by atoms with E-state index in [0.29, 0.717) is 5.56 Å². The summed E-state index contributed by atoms with van der Waals surface area (Å²) in [6, 6.07) is 3.15. The van der Waals surface area contributed by atoms with Gasteiger partial charge in [0.15, 0.2) is 0 Å². The molecule has 0 radical (unpaired) electrons. The molecule has 0 aliphatic carbocycles. The third kappa shape index (κ3) is 4.06. The number of nitrogens with zero attached hydrogens (tertiary/aromatic N) is 1. The number of aromatic carboxylic acids is 1. The maximum atomic E-state index is 12.3. The van der Waals surface area contributed by atoms with Crippen molar-refractivity contribution < 1.29 is 34.1 Å². The molecule has 0 heterocycles. The highest BCUT2D eigenvalue weighted by molar-refractivity contribution is 6.10. The lowest BCUT2D eigenvalue weighted by Gasteiger charge is -2.29. The number of ether oxygens (including phenoxy) is 1. The molecule has 8 nitrogen and oxygen atoms in total. The van der Waals surface area contributed by atoms with E-state index in [9.17, 15) is 24.3 Å². The van der Waals surface area contributed by atoms with Crippen LogP contribution in [0.15, 0.2) is 18.2 Å². The molecule has 0 aliphatic heterocycles. The largest absolute Gasteiger partial charge is 0.481 e. The van der Waals surface area contributed by atoms with Crippen LogP contribution in [0.3, 0.4) is 0 Å². The Bertz CT molecular complexity index is 653. The Balaban J connectivity index is 3.52. The number of carboxylic acid groups (broad SMARTS) is 2. The molecule has 1 aromatic rings.